The Hall–Kier alpha value is -1.17. The minimum Gasteiger partial charge on any atom is -0.431 e. The van der Waals surface area contributed by atoms with E-state index in [9.17, 15) is 4.79 Å². The second-order valence-electron chi connectivity index (χ2n) is 5.01. The molecule has 0 aliphatic carbocycles. The van der Waals surface area contributed by atoms with Gasteiger partial charge in [-0.05, 0) is 26.5 Å². The summed E-state index contributed by atoms with van der Waals surface area (Å²) in [7, 11) is 3.77. The normalized spacial score (nSPS) is 20.0. The number of hydrogen-bond acceptors (Lipinski definition) is 5. The molecule has 0 amide bonds. The van der Waals surface area contributed by atoms with E-state index in [1.54, 1.807) is 7.11 Å². The van der Waals surface area contributed by atoms with Gasteiger partial charge in [-0.2, -0.15) is 0 Å². The zero-order chi connectivity index (χ0) is 16.3. The Labute approximate surface area is 129 Å². The first-order valence-electron chi connectivity index (χ1n) is 7.43. The molecule has 0 saturated carbocycles. The molecule has 1 N–H and O–H groups in total. The average molecular weight is 298 g/mol. The maximum atomic E-state index is 10.6. The molecule has 0 aromatic heterocycles. The van der Waals surface area contributed by atoms with Gasteiger partial charge in [0.25, 0.3) is 0 Å². The van der Waals surface area contributed by atoms with Gasteiger partial charge in [0.1, 0.15) is 12.0 Å². The van der Waals surface area contributed by atoms with E-state index in [1.807, 2.05) is 26.1 Å². The Kier molecular flexibility index (Phi) is 10.8. The number of carbonyl (C=O) groups is 1. The molecule has 1 heterocycles. The van der Waals surface area contributed by atoms with Crippen LogP contribution in [-0.4, -0.2) is 44.5 Å². The molecule has 5 heteroatoms. The maximum absolute atomic E-state index is 10.6. The summed E-state index contributed by atoms with van der Waals surface area (Å²) in [5.74, 6) is 0.468. The lowest BCUT2D eigenvalue weighted by Gasteiger charge is -2.14. The number of allylic oxidation sites excluding steroid dienone is 4. The molecule has 0 bridgehead atoms. The lowest BCUT2D eigenvalue weighted by molar-refractivity contribution is -0.137. The molecule has 1 rings (SSSR count). The third-order valence-corrected chi connectivity index (χ3v) is 3.18. The largest absolute Gasteiger partial charge is 0.431 e. The van der Waals surface area contributed by atoms with Crippen molar-refractivity contribution < 1.29 is 14.3 Å². The van der Waals surface area contributed by atoms with E-state index in [-0.39, 0.29) is 12.2 Å². The van der Waals surface area contributed by atoms with Crippen molar-refractivity contribution in [2.75, 3.05) is 27.4 Å². The van der Waals surface area contributed by atoms with E-state index in [0.717, 1.165) is 31.8 Å². The van der Waals surface area contributed by atoms with E-state index >= 15 is 0 Å². The van der Waals surface area contributed by atoms with Gasteiger partial charge in [-0.1, -0.05) is 25.5 Å². The summed E-state index contributed by atoms with van der Waals surface area (Å²) >= 11 is 0. The molecular formula is C16H30N2O3. The van der Waals surface area contributed by atoms with Crippen LogP contribution in [0.3, 0.4) is 0 Å². The van der Waals surface area contributed by atoms with Gasteiger partial charge in [-0.3, -0.25) is 9.69 Å². The first kappa shape index (κ1) is 19.8. The molecule has 21 heavy (non-hydrogen) atoms. The molecule has 1 aliphatic rings. The highest BCUT2D eigenvalue weighted by Gasteiger charge is 2.18. The summed E-state index contributed by atoms with van der Waals surface area (Å²) in [6, 6.07) is 0. The molecule has 0 aromatic carbocycles. The van der Waals surface area contributed by atoms with E-state index in [1.165, 1.54) is 12.5 Å². The van der Waals surface area contributed by atoms with Gasteiger partial charge in [-0.15, -0.1) is 0 Å². The van der Waals surface area contributed by atoms with Crippen LogP contribution in [0, 0.1) is 0 Å². The van der Waals surface area contributed by atoms with Gasteiger partial charge in [-0.25, -0.2) is 0 Å². The fourth-order valence-electron chi connectivity index (χ4n) is 1.65. The fraction of sp³-hybridized carbons (Fsp3) is 0.688. The zero-order valence-electron chi connectivity index (χ0n) is 14.2. The number of carbonyl (C=O) groups excluding carboxylic acids is 1. The zero-order valence-corrected chi connectivity index (χ0v) is 14.2. The molecule has 0 spiro atoms. The van der Waals surface area contributed by atoms with Crippen molar-refractivity contribution in [2.24, 2.45) is 0 Å². The monoisotopic (exact) mass is 298 g/mol. The lowest BCUT2D eigenvalue weighted by Crippen LogP contribution is -2.27. The fourth-order valence-corrected chi connectivity index (χ4v) is 1.65. The van der Waals surface area contributed by atoms with Gasteiger partial charge < -0.3 is 14.8 Å². The second-order valence-corrected chi connectivity index (χ2v) is 5.01. The number of nitrogens with zero attached hydrogens (tertiary/aromatic N) is 1. The Morgan fingerprint density at radius 1 is 1.29 bits per heavy atom. The number of esters is 1. The summed E-state index contributed by atoms with van der Waals surface area (Å²) in [6.45, 7) is 9.42. The molecule has 1 saturated heterocycles. The van der Waals surface area contributed by atoms with E-state index in [2.05, 4.69) is 24.1 Å². The van der Waals surface area contributed by atoms with Gasteiger partial charge >= 0.3 is 5.97 Å². The van der Waals surface area contributed by atoms with Crippen LogP contribution in [0.5, 0.6) is 0 Å². The highest BCUT2D eigenvalue weighted by molar-refractivity contribution is 5.67. The minimum absolute atomic E-state index is 0.254. The van der Waals surface area contributed by atoms with Crippen LogP contribution in [0.2, 0.25) is 0 Å². The van der Waals surface area contributed by atoms with Crippen LogP contribution in [0.4, 0.5) is 0 Å². The first-order chi connectivity index (χ1) is 9.94. The van der Waals surface area contributed by atoms with Crippen LogP contribution >= 0.6 is 0 Å². The summed E-state index contributed by atoms with van der Waals surface area (Å²) < 4.78 is 10.1. The second kappa shape index (κ2) is 11.5. The number of nitrogens with one attached hydrogen (secondary N) is 1. The molecule has 0 radical (unpaired) electrons. The molecule has 122 valence electrons. The van der Waals surface area contributed by atoms with Crippen LogP contribution in [0.1, 0.15) is 40.5 Å². The molecule has 1 atom stereocenters. The van der Waals surface area contributed by atoms with Crippen LogP contribution in [-0.2, 0) is 14.3 Å². The van der Waals surface area contributed by atoms with Crippen molar-refractivity contribution in [3.63, 3.8) is 0 Å². The molecule has 1 unspecified atom stereocenters. The molecule has 5 nitrogen and oxygen atoms in total. The van der Waals surface area contributed by atoms with Crippen LogP contribution in [0.25, 0.3) is 0 Å². The number of ether oxygens (including phenoxy) is 2. The van der Waals surface area contributed by atoms with Gasteiger partial charge in [0.05, 0.1) is 6.67 Å². The minimum atomic E-state index is -0.254. The highest BCUT2D eigenvalue weighted by atomic mass is 16.5. The van der Waals surface area contributed by atoms with Crippen molar-refractivity contribution in [1.82, 2.24) is 10.2 Å². The molecule has 1 aliphatic heterocycles. The maximum Gasteiger partial charge on any atom is 0.307 e. The van der Waals surface area contributed by atoms with E-state index in [4.69, 9.17) is 9.47 Å². The average Bonchev–Trinajstić information content (AvgIpc) is 2.88. The van der Waals surface area contributed by atoms with Crippen molar-refractivity contribution >= 4 is 5.97 Å². The standard InChI is InChI=1S/C11H18O2.C5H12N2O/c1-5-9(3)7-8-11(6-2)13-10(4)12;1-7-4-6-3-5(7)8-2/h7-8H,5-6H2,1-4H3;5-6H,3-4H2,1-2H3/b9-7-,11-8+;. The van der Waals surface area contributed by atoms with Gasteiger partial charge in [0, 0.05) is 27.0 Å². The van der Waals surface area contributed by atoms with E-state index < -0.39 is 0 Å². The van der Waals surface area contributed by atoms with Crippen molar-refractivity contribution in [1.29, 1.82) is 0 Å². The Morgan fingerprint density at radius 2 is 1.95 bits per heavy atom. The predicted octanol–water partition coefficient (Wildman–Crippen LogP) is 2.65. The lowest BCUT2D eigenvalue weighted by atomic mass is 10.2. The van der Waals surface area contributed by atoms with Crippen molar-refractivity contribution in [2.45, 2.75) is 46.8 Å². The van der Waals surface area contributed by atoms with Gasteiger partial charge in [0.2, 0.25) is 0 Å². The molecule has 1 fully saturated rings. The quantitative estimate of drug-likeness (QED) is 0.480. The third kappa shape index (κ3) is 9.39. The number of rotatable bonds is 5. The van der Waals surface area contributed by atoms with Gasteiger partial charge in [0.15, 0.2) is 0 Å². The molecule has 0 aromatic rings. The number of likely N-dealkylation sites (N-methyl/N-ethyl adjacent to an activating group) is 1. The number of methoxy groups -OCH3 is 1. The van der Waals surface area contributed by atoms with Crippen LogP contribution in [0.15, 0.2) is 23.5 Å². The Morgan fingerprint density at radius 3 is 2.29 bits per heavy atom. The topological polar surface area (TPSA) is 50.8 Å². The Bertz CT molecular complexity index is 365. The Balaban J connectivity index is 0.000000423. The summed E-state index contributed by atoms with van der Waals surface area (Å²) in [4.78, 5) is 12.8. The highest BCUT2D eigenvalue weighted by Crippen LogP contribution is 2.06. The summed E-state index contributed by atoms with van der Waals surface area (Å²) in [5.41, 5.74) is 1.28. The smallest absolute Gasteiger partial charge is 0.307 e. The van der Waals surface area contributed by atoms with E-state index in [0.29, 0.717) is 0 Å². The SMILES string of the molecule is CC/C(C)=C\C=C(/CC)OC(C)=O.COC1CNCN1C. The van der Waals surface area contributed by atoms with Crippen molar-refractivity contribution in [3.05, 3.63) is 23.5 Å². The van der Waals surface area contributed by atoms with Crippen LogP contribution < -0.4 is 5.32 Å². The first-order valence-corrected chi connectivity index (χ1v) is 7.43. The third-order valence-electron chi connectivity index (χ3n) is 3.18. The summed E-state index contributed by atoms with van der Waals surface area (Å²) in [5, 5.41) is 3.17. The molecular weight excluding hydrogens is 268 g/mol. The predicted molar refractivity (Wildman–Crippen MR) is 85.6 cm³/mol. The number of hydrogen-bond donors (Lipinski definition) is 1. The summed E-state index contributed by atoms with van der Waals surface area (Å²) in [6.07, 6.45) is 5.90. The van der Waals surface area contributed by atoms with Crippen molar-refractivity contribution in [3.8, 4) is 0 Å².